The van der Waals surface area contributed by atoms with Gasteiger partial charge in [-0.3, -0.25) is 0 Å². The lowest BCUT2D eigenvalue weighted by Crippen LogP contribution is -1.85. The largest absolute Gasteiger partial charge is 0.235 e. The summed E-state index contributed by atoms with van der Waals surface area (Å²) in [7, 11) is 0. The van der Waals surface area contributed by atoms with Crippen molar-refractivity contribution in [3.8, 4) is 11.1 Å². The van der Waals surface area contributed by atoms with E-state index < -0.39 is 0 Å². The number of halogens is 1. The SMILES string of the molecule is Clc1ccc2cccc(-c3ccccc3)c2n1. The lowest BCUT2D eigenvalue weighted by Gasteiger charge is -2.06. The standard InChI is InChI=1S/C15H10ClN/c16-14-10-9-12-7-4-8-13(15(12)17-14)11-5-2-1-3-6-11/h1-10H. The minimum atomic E-state index is 0.529. The molecular weight excluding hydrogens is 230 g/mol. The quantitative estimate of drug-likeness (QED) is 0.568. The van der Waals surface area contributed by atoms with E-state index in [1.165, 1.54) is 0 Å². The maximum absolute atomic E-state index is 5.97. The average molecular weight is 240 g/mol. The van der Waals surface area contributed by atoms with E-state index in [1.807, 2.05) is 42.5 Å². The van der Waals surface area contributed by atoms with Gasteiger partial charge in [-0.15, -0.1) is 0 Å². The molecule has 0 N–H and O–H groups in total. The Morgan fingerprint density at radius 1 is 0.765 bits per heavy atom. The van der Waals surface area contributed by atoms with Gasteiger partial charge in [-0.1, -0.05) is 60.1 Å². The molecule has 17 heavy (non-hydrogen) atoms. The van der Waals surface area contributed by atoms with Crippen molar-refractivity contribution in [3.63, 3.8) is 0 Å². The molecule has 2 heteroatoms. The smallest absolute Gasteiger partial charge is 0.129 e. The number of benzene rings is 2. The molecule has 0 saturated heterocycles. The van der Waals surface area contributed by atoms with E-state index in [1.54, 1.807) is 0 Å². The number of hydrogen-bond acceptors (Lipinski definition) is 1. The van der Waals surface area contributed by atoms with Crippen molar-refractivity contribution < 1.29 is 0 Å². The van der Waals surface area contributed by atoms with Gasteiger partial charge in [0.05, 0.1) is 5.52 Å². The van der Waals surface area contributed by atoms with Crippen LogP contribution in [0.1, 0.15) is 0 Å². The molecule has 0 aliphatic carbocycles. The Kier molecular flexibility index (Phi) is 2.54. The normalized spacial score (nSPS) is 10.6. The van der Waals surface area contributed by atoms with Gasteiger partial charge in [0.2, 0.25) is 0 Å². The number of rotatable bonds is 1. The first-order valence-electron chi connectivity index (χ1n) is 5.45. The summed E-state index contributed by atoms with van der Waals surface area (Å²) in [6.07, 6.45) is 0. The Balaban J connectivity index is 2.33. The molecule has 3 rings (SSSR count). The Hall–Kier alpha value is -1.86. The highest BCUT2D eigenvalue weighted by Crippen LogP contribution is 2.27. The number of aromatic nitrogens is 1. The van der Waals surface area contributed by atoms with Crippen molar-refractivity contribution in [1.82, 2.24) is 4.98 Å². The molecule has 0 atom stereocenters. The van der Waals surface area contributed by atoms with Gasteiger partial charge in [0.15, 0.2) is 0 Å². The molecule has 1 heterocycles. The summed E-state index contributed by atoms with van der Waals surface area (Å²) in [6.45, 7) is 0. The number of pyridine rings is 1. The fourth-order valence-corrected chi connectivity index (χ4v) is 2.12. The van der Waals surface area contributed by atoms with Gasteiger partial charge in [0, 0.05) is 10.9 Å². The zero-order chi connectivity index (χ0) is 11.7. The van der Waals surface area contributed by atoms with Crippen molar-refractivity contribution in [2.45, 2.75) is 0 Å². The molecule has 0 aliphatic heterocycles. The van der Waals surface area contributed by atoms with Crippen LogP contribution in [-0.4, -0.2) is 4.98 Å². The van der Waals surface area contributed by atoms with Gasteiger partial charge < -0.3 is 0 Å². The molecule has 0 radical (unpaired) electrons. The summed E-state index contributed by atoms with van der Waals surface area (Å²) in [5.74, 6) is 0. The number of fused-ring (bicyclic) bond motifs is 1. The van der Waals surface area contributed by atoms with Crippen LogP contribution in [-0.2, 0) is 0 Å². The molecule has 0 unspecified atom stereocenters. The van der Waals surface area contributed by atoms with E-state index in [2.05, 4.69) is 23.2 Å². The van der Waals surface area contributed by atoms with Crippen molar-refractivity contribution in [1.29, 1.82) is 0 Å². The third kappa shape index (κ3) is 1.90. The molecule has 0 bridgehead atoms. The highest BCUT2D eigenvalue weighted by molar-refractivity contribution is 6.29. The summed E-state index contributed by atoms with van der Waals surface area (Å²) in [6, 6.07) is 20.2. The minimum absolute atomic E-state index is 0.529. The third-order valence-electron chi connectivity index (χ3n) is 2.77. The van der Waals surface area contributed by atoms with E-state index in [0.29, 0.717) is 5.15 Å². The van der Waals surface area contributed by atoms with Crippen LogP contribution in [0.15, 0.2) is 60.7 Å². The van der Waals surface area contributed by atoms with Crippen molar-refractivity contribution in [2.75, 3.05) is 0 Å². The molecule has 1 aromatic heterocycles. The van der Waals surface area contributed by atoms with E-state index in [-0.39, 0.29) is 0 Å². The Morgan fingerprint density at radius 3 is 2.41 bits per heavy atom. The van der Waals surface area contributed by atoms with Gasteiger partial charge in [0.1, 0.15) is 5.15 Å². The minimum Gasteiger partial charge on any atom is -0.235 e. The van der Waals surface area contributed by atoms with Gasteiger partial charge in [-0.25, -0.2) is 4.98 Å². The summed E-state index contributed by atoms with van der Waals surface area (Å²) >= 11 is 5.97. The lowest BCUT2D eigenvalue weighted by molar-refractivity contribution is 1.41. The fraction of sp³-hybridized carbons (Fsp3) is 0. The van der Waals surface area contributed by atoms with Gasteiger partial charge in [0.25, 0.3) is 0 Å². The first kappa shape index (κ1) is 10.3. The molecule has 0 saturated carbocycles. The molecule has 82 valence electrons. The Labute approximate surface area is 105 Å². The molecular formula is C15H10ClN. The second-order valence-electron chi connectivity index (χ2n) is 3.88. The molecule has 2 aromatic carbocycles. The van der Waals surface area contributed by atoms with Crippen LogP contribution in [0.2, 0.25) is 5.15 Å². The number of nitrogens with zero attached hydrogens (tertiary/aromatic N) is 1. The van der Waals surface area contributed by atoms with Crippen LogP contribution in [0.5, 0.6) is 0 Å². The molecule has 0 fully saturated rings. The van der Waals surface area contributed by atoms with E-state index >= 15 is 0 Å². The highest BCUT2D eigenvalue weighted by Gasteiger charge is 2.04. The fourth-order valence-electron chi connectivity index (χ4n) is 1.97. The zero-order valence-corrected chi connectivity index (χ0v) is 9.85. The maximum atomic E-state index is 5.97. The number of para-hydroxylation sites is 1. The van der Waals surface area contributed by atoms with Gasteiger partial charge in [-0.05, 0) is 17.7 Å². The van der Waals surface area contributed by atoms with Crippen LogP contribution in [0, 0.1) is 0 Å². The second kappa shape index (κ2) is 4.19. The molecule has 3 aromatic rings. The lowest BCUT2D eigenvalue weighted by atomic mass is 10.0. The summed E-state index contributed by atoms with van der Waals surface area (Å²) in [5.41, 5.74) is 3.23. The topological polar surface area (TPSA) is 12.9 Å². The maximum Gasteiger partial charge on any atom is 0.129 e. The summed E-state index contributed by atoms with van der Waals surface area (Å²) in [5, 5.41) is 1.64. The molecule has 1 nitrogen and oxygen atoms in total. The Morgan fingerprint density at radius 2 is 1.59 bits per heavy atom. The predicted molar refractivity (Wildman–Crippen MR) is 72.2 cm³/mol. The first-order valence-corrected chi connectivity index (χ1v) is 5.83. The summed E-state index contributed by atoms with van der Waals surface area (Å²) < 4.78 is 0. The van der Waals surface area contributed by atoms with E-state index in [9.17, 15) is 0 Å². The molecule has 0 aliphatic rings. The van der Waals surface area contributed by atoms with Gasteiger partial charge in [-0.2, -0.15) is 0 Å². The van der Waals surface area contributed by atoms with Crippen LogP contribution in [0.3, 0.4) is 0 Å². The monoisotopic (exact) mass is 239 g/mol. The summed E-state index contributed by atoms with van der Waals surface area (Å²) in [4.78, 5) is 4.42. The van der Waals surface area contributed by atoms with Gasteiger partial charge >= 0.3 is 0 Å². The third-order valence-corrected chi connectivity index (χ3v) is 2.98. The Bertz CT molecular complexity index is 662. The van der Waals surface area contributed by atoms with E-state index in [0.717, 1.165) is 22.0 Å². The second-order valence-corrected chi connectivity index (χ2v) is 4.26. The predicted octanol–water partition coefficient (Wildman–Crippen LogP) is 4.56. The van der Waals surface area contributed by atoms with Crippen LogP contribution in [0.25, 0.3) is 22.0 Å². The molecule has 0 amide bonds. The number of hydrogen-bond donors (Lipinski definition) is 0. The van der Waals surface area contributed by atoms with Crippen molar-refractivity contribution in [2.24, 2.45) is 0 Å². The van der Waals surface area contributed by atoms with Crippen LogP contribution in [0.4, 0.5) is 0 Å². The zero-order valence-electron chi connectivity index (χ0n) is 9.10. The highest BCUT2D eigenvalue weighted by atomic mass is 35.5. The van der Waals surface area contributed by atoms with E-state index in [4.69, 9.17) is 11.6 Å². The van der Waals surface area contributed by atoms with Crippen LogP contribution >= 0.6 is 11.6 Å². The van der Waals surface area contributed by atoms with Crippen LogP contribution < -0.4 is 0 Å². The van der Waals surface area contributed by atoms with Crippen molar-refractivity contribution in [3.05, 3.63) is 65.8 Å². The van der Waals surface area contributed by atoms with Crippen molar-refractivity contribution >= 4 is 22.5 Å². The first-order chi connectivity index (χ1) is 8.34. The molecule has 0 spiro atoms. The average Bonchev–Trinajstić information content (AvgIpc) is 2.39.